The Bertz CT molecular complexity index is 1680. The Morgan fingerprint density at radius 1 is 0.900 bits per heavy atom. The summed E-state index contributed by atoms with van der Waals surface area (Å²) in [7, 11) is 5.96. The highest BCUT2D eigenvalue weighted by molar-refractivity contribution is 5.99. The fourth-order valence-corrected chi connectivity index (χ4v) is 5.69. The number of nitrogens with zero attached hydrogens (tertiary/aromatic N) is 1. The van der Waals surface area contributed by atoms with Crippen LogP contribution in [0.2, 0.25) is 0 Å². The van der Waals surface area contributed by atoms with E-state index in [1.807, 2.05) is 30.3 Å². The summed E-state index contributed by atoms with van der Waals surface area (Å²) in [6.07, 6.45) is 3.52. The van der Waals surface area contributed by atoms with E-state index in [0.717, 1.165) is 27.6 Å². The summed E-state index contributed by atoms with van der Waals surface area (Å²) in [4.78, 5) is 18.3. The van der Waals surface area contributed by atoms with Gasteiger partial charge in [-0.05, 0) is 59.0 Å². The van der Waals surface area contributed by atoms with Gasteiger partial charge in [-0.15, -0.1) is 0 Å². The Morgan fingerprint density at radius 3 is 2.40 bits per heavy atom. The van der Waals surface area contributed by atoms with Crippen molar-refractivity contribution in [1.82, 2.24) is 4.98 Å². The van der Waals surface area contributed by atoms with Crippen molar-refractivity contribution >= 4 is 22.8 Å². The zero-order valence-electron chi connectivity index (χ0n) is 22.4. The van der Waals surface area contributed by atoms with Crippen molar-refractivity contribution in [2.75, 3.05) is 35.2 Å². The second kappa shape index (κ2) is 10.00. The minimum atomic E-state index is -0.559. The molecule has 2 aliphatic rings. The summed E-state index contributed by atoms with van der Waals surface area (Å²) >= 11 is 0. The molecule has 4 aromatic rings. The fraction of sp³-hybridized carbons (Fsp3) is 0.226. The molecule has 0 radical (unpaired) electrons. The van der Waals surface area contributed by atoms with Crippen LogP contribution in [0.5, 0.6) is 34.5 Å². The van der Waals surface area contributed by atoms with E-state index in [-0.39, 0.29) is 18.3 Å². The Kier molecular flexibility index (Phi) is 6.34. The van der Waals surface area contributed by atoms with Gasteiger partial charge in [0.2, 0.25) is 6.79 Å². The minimum Gasteiger partial charge on any atom is -0.504 e. The largest absolute Gasteiger partial charge is 0.504 e. The van der Waals surface area contributed by atoms with Gasteiger partial charge in [0.25, 0.3) is 0 Å². The van der Waals surface area contributed by atoms with Gasteiger partial charge in [0, 0.05) is 34.6 Å². The highest BCUT2D eigenvalue weighted by atomic mass is 16.7. The number of hydrogen-bond donors (Lipinski definition) is 1. The van der Waals surface area contributed by atoms with E-state index in [1.165, 1.54) is 14.2 Å². The minimum absolute atomic E-state index is 0.00925. The average Bonchev–Trinajstić information content (AvgIpc) is 3.45. The molecule has 1 aliphatic heterocycles. The predicted octanol–water partition coefficient (Wildman–Crippen LogP) is 5.18. The zero-order chi connectivity index (χ0) is 28.0. The molecule has 204 valence electrons. The third-order valence-corrected chi connectivity index (χ3v) is 7.49. The Morgan fingerprint density at radius 2 is 1.68 bits per heavy atom. The summed E-state index contributed by atoms with van der Waals surface area (Å²) in [5.41, 5.74) is 3.40. The van der Waals surface area contributed by atoms with Crippen molar-refractivity contribution in [3.8, 4) is 34.5 Å². The number of aromatic hydroxyl groups is 1. The number of hydrogen-bond acceptors (Lipinski definition) is 9. The average molecular weight is 542 g/mol. The molecule has 0 saturated carbocycles. The van der Waals surface area contributed by atoms with Crippen molar-refractivity contribution < 1.29 is 38.3 Å². The Balaban J connectivity index is 1.70. The second-order valence-corrected chi connectivity index (χ2v) is 9.40. The van der Waals surface area contributed by atoms with Gasteiger partial charge in [0.15, 0.2) is 34.5 Å². The topological polar surface area (TPSA) is 106 Å². The van der Waals surface area contributed by atoms with Crippen LogP contribution in [0.15, 0.2) is 60.3 Å². The fourth-order valence-electron chi connectivity index (χ4n) is 5.69. The molecule has 0 amide bonds. The number of ether oxygens (including phenoxy) is 6. The van der Waals surface area contributed by atoms with Crippen LogP contribution < -0.4 is 23.7 Å². The molecule has 6 rings (SSSR count). The SMILES string of the molecule is COC(=O)C1=Cc2c(ccc(OC)c2OC)C(c2nccc3cc4c(cc23)OCO4)C1c1ccc(O)c(OC)c1. The number of benzene rings is 3. The normalized spacial score (nSPS) is 17.1. The summed E-state index contributed by atoms with van der Waals surface area (Å²) < 4.78 is 33.4. The maximum absolute atomic E-state index is 13.4. The first-order valence-corrected chi connectivity index (χ1v) is 12.6. The van der Waals surface area contributed by atoms with Gasteiger partial charge in [0.1, 0.15) is 0 Å². The highest BCUT2D eigenvalue weighted by Gasteiger charge is 2.41. The van der Waals surface area contributed by atoms with Gasteiger partial charge >= 0.3 is 5.97 Å². The molecule has 2 unspecified atom stereocenters. The van der Waals surface area contributed by atoms with Crippen molar-refractivity contribution in [1.29, 1.82) is 0 Å². The molecule has 3 aromatic carbocycles. The first-order chi connectivity index (χ1) is 19.5. The molecular formula is C31H27NO8. The molecule has 1 aliphatic carbocycles. The number of phenolic OH excluding ortho intramolecular Hbond substituents is 1. The Hall–Kier alpha value is -4.92. The number of phenols is 1. The number of rotatable bonds is 6. The summed E-state index contributed by atoms with van der Waals surface area (Å²) in [5, 5.41) is 12.1. The molecule has 40 heavy (non-hydrogen) atoms. The predicted molar refractivity (Wildman–Crippen MR) is 147 cm³/mol. The van der Waals surface area contributed by atoms with Gasteiger partial charge in [-0.25, -0.2) is 4.79 Å². The van der Waals surface area contributed by atoms with E-state index in [9.17, 15) is 9.90 Å². The van der Waals surface area contributed by atoms with E-state index in [0.29, 0.717) is 34.1 Å². The van der Waals surface area contributed by atoms with Crippen LogP contribution >= 0.6 is 0 Å². The summed E-state index contributed by atoms with van der Waals surface area (Å²) in [5.74, 6) is 1.04. The number of fused-ring (bicyclic) bond motifs is 3. The Labute approximate surface area is 230 Å². The van der Waals surface area contributed by atoms with Crippen molar-refractivity contribution in [3.63, 3.8) is 0 Å². The van der Waals surface area contributed by atoms with E-state index in [2.05, 4.69) is 0 Å². The lowest BCUT2D eigenvalue weighted by Crippen LogP contribution is -2.25. The molecule has 9 heteroatoms. The molecule has 2 heterocycles. The van der Waals surface area contributed by atoms with Gasteiger partial charge in [0.05, 0.1) is 34.1 Å². The number of carbonyl (C=O) groups excluding carboxylic acids is 1. The molecule has 0 fully saturated rings. The lowest BCUT2D eigenvalue weighted by Gasteiger charge is -2.35. The standard InChI is InChI=1S/C31H27NO8/c1-35-23-8-6-18-20(30(23)37-3)13-21(31(34)38-4)27(17-5-7-22(33)24(12-17)36-2)28(18)29-19-14-26-25(39-15-40-26)11-16(19)9-10-32-29/h5-14,27-28,33H,15H2,1-4H3. The summed E-state index contributed by atoms with van der Waals surface area (Å²) in [6.45, 7) is 0.142. The molecule has 1 aromatic heterocycles. The van der Waals surface area contributed by atoms with E-state index < -0.39 is 17.8 Å². The van der Waals surface area contributed by atoms with Crippen LogP contribution in [0.3, 0.4) is 0 Å². The monoisotopic (exact) mass is 541 g/mol. The second-order valence-electron chi connectivity index (χ2n) is 9.40. The number of pyridine rings is 1. The number of aromatic nitrogens is 1. The van der Waals surface area contributed by atoms with Crippen molar-refractivity contribution in [2.24, 2.45) is 0 Å². The molecular weight excluding hydrogens is 514 g/mol. The molecule has 9 nitrogen and oxygen atoms in total. The van der Waals surface area contributed by atoms with E-state index in [1.54, 1.807) is 44.7 Å². The zero-order valence-corrected chi connectivity index (χ0v) is 22.4. The molecule has 2 atom stereocenters. The lowest BCUT2D eigenvalue weighted by molar-refractivity contribution is -0.136. The summed E-state index contributed by atoms with van der Waals surface area (Å²) in [6, 6.07) is 14.6. The van der Waals surface area contributed by atoms with Crippen LogP contribution in [-0.4, -0.2) is 51.3 Å². The maximum Gasteiger partial charge on any atom is 0.334 e. The van der Waals surface area contributed by atoms with Gasteiger partial charge in [-0.1, -0.05) is 12.1 Å². The number of carbonyl (C=O) groups is 1. The molecule has 1 N–H and O–H groups in total. The number of esters is 1. The van der Waals surface area contributed by atoms with Crippen LogP contribution in [0.25, 0.3) is 16.8 Å². The van der Waals surface area contributed by atoms with Crippen molar-refractivity contribution in [2.45, 2.75) is 11.8 Å². The van der Waals surface area contributed by atoms with Gasteiger partial charge in [-0.2, -0.15) is 0 Å². The van der Waals surface area contributed by atoms with E-state index >= 15 is 0 Å². The van der Waals surface area contributed by atoms with E-state index in [4.69, 9.17) is 33.4 Å². The molecule has 0 saturated heterocycles. The smallest absolute Gasteiger partial charge is 0.334 e. The third-order valence-electron chi connectivity index (χ3n) is 7.49. The van der Waals surface area contributed by atoms with Gasteiger partial charge < -0.3 is 33.5 Å². The van der Waals surface area contributed by atoms with Crippen LogP contribution in [0.1, 0.15) is 34.2 Å². The molecule has 0 bridgehead atoms. The van der Waals surface area contributed by atoms with Crippen LogP contribution in [-0.2, 0) is 9.53 Å². The first kappa shape index (κ1) is 25.4. The van der Waals surface area contributed by atoms with Gasteiger partial charge in [-0.3, -0.25) is 4.98 Å². The lowest BCUT2D eigenvalue weighted by atomic mass is 9.69. The quantitative estimate of drug-likeness (QED) is 0.331. The number of methoxy groups -OCH3 is 4. The van der Waals surface area contributed by atoms with Crippen molar-refractivity contribution in [3.05, 3.63) is 82.7 Å². The molecule has 0 spiro atoms. The van der Waals surface area contributed by atoms with Crippen LogP contribution in [0, 0.1) is 0 Å². The maximum atomic E-state index is 13.4. The first-order valence-electron chi connectivity index (χ1n) is 12.6. The highest BCUT2D eigenvalue weighted by Crippen LogP contribution is 2.54. The third kappa shape index (κ3) is 3.93. The van der Waals surface area contributed by atoms with Crippen LogP contribution in [0.4, 0.5) is 0 Å².